The second kappa shape index (κ2) is 8.81. The zero-order valence-corrected chi connectivity index (χ0v) is 17.5. The molecule has 0 unspecified atom stereocenters. The quantitative estimate of drug-likeness (QED) is 0.565. The first-order valence-corrected chi connectivity index (χ1v) is 10.1. The molecule has 0 fully saturated rings. The van der Waals surface area contributed by atoms with Gasteiger partial charge >= 0.3 is 0 Å². The minimum atomic E-state index is -1.11. The summed E-state index contributed by atoms with van der Waals surface area (Å²) in [6.45, 7) is 6.30. The maximum atomic E-state index is 11.6. The summed E-state index contributed by atoms with van der Waals surface area (Å²) in [6, 6.07) is 27.9. The van der Waals surface area contributed by atoms with Crippen LogP contribution in [0.25, 0.3) is 0 Å². The molecule has 0 bridgehead atoms. The van der Waals surface area contributed by atoms with Crippen molar-refractivity contribution in [3.05, 3.63) is 102 Å². The van der Waals surface area contributed by atoms with Gasteiger partial charge in [-0.2, -0.15) is 0 Å². The van der Waals surface area contributed by atoms with E-state index in [2.05, 4.69) is 12.1 Å². The summed E-state index contributed by atoms with van der Waals surface area (Å²) >= 11 is 0. The number of nitrogens with two attached hydrogens (primary N) is 1. The van der Waals surface area contributed by atoms with Crippen LogP contribution in [0.15, 0.2) is 84.9 Å². The van der Waals surface area contributed by atoms with E-state index in [1.165, 1.54) is 0 Å². The fraction of sp³-hybridized carbons (Fsp3) is 0.308. The third kappa shape index (κ3) is 5.47. The van der Waals surface area contributed by atoms with Crippen molar-refractivity contribution in [2.75, 3.05) is 0 Å². The Bertz CT molecular complexity index is 899. The lowest BCUT2D eigenvalue weighted by Crippen LogP contribution is -2.52. The van der Waals surface area contributed by atoms with Gasteiger partial charge in [-0.1, -0.05) is 72.8 Å². The third-order valence-corrected chi connectivity index (χ3v) is 5.53. The Morgan fingerprint density at radius 3 is 2.00 bits per heavy atom. The third-order valence-electron chi connectivity index (χ3n) is 5.53. The van der Waals surface area contributed by atoms with E-state index in [1.54, 1.807) is 0 Å². The van der Waals surface area contributed by atoms with Crippen molar-refractivity contribution in [2.45, 2.75) is 44.9 Å². The first-order valence-electron chi connectivity index (χ1n) is 10.1. The standard InChI is InChI=1S/C26H31NO2/c1-25(2,27)24(17-20-11-6-4-7-12-20)26(3,28)22-15-10-16-23(18-22)29-19-21-13-8-5-9-14-21/h4-16,18,24,28H,17,19,27H2,1-3H3/t24-,26-/m0/s1. The van der Waals surface area contributed by atoms with Gasteiger partial charge < -0.3 is 15.6 Å². The molecule has 0 radical (unpaired) electrons. The Balaban J connectivity index is 1.83. The lowest BCUT2D eigenvalue weighted by molar-refractivity contribution is -0.0337. The lowest BCUT2D eigenvalue weighted by atomic mass is 9.70. The van der Waals surface area contributed by atoms with Crippen LogP contribution in [0.5, 0.6) is 5.75 Å². The fourth-order valence-electron chi connectivity index (χ4n) is 3.88. The van der Waals surface area contributed by atoms with Crippen LogP contribution in [-0.2, 0) is 18.6 Å². The number of aliphatic hydroxyl groups is 1. The maximum absolute atomic E-state index is 11.6. The number of rotatable bonds is 8. The summed E-state index contributed by atoms with van der Waals surface area (Å²) < 4.78 is 5.97. The van der Waals surface area contributed by atoms with Gasteiger partial charge in [0.15, 0.2) is 0 Å². The van der Waals surface area contributed by atoms with Crippen LogP contribution < -0.4 is 10.5 Å². The zero-order chi connectivity index (χ0) is 20.9. The van der Waals surface area contributed by atoms with E-state index in [-0.39, 0.29) is 5.92 Å². The highest BCUT2D eigenvalue weighted by Crippen LogP contribution is 2.38. The molecule has 0 aromatic heterocycles. The van der Waals surface area contributed by atoms with E-state index in [0.717, 1.165) is 22.4 Å². The van der Waals surface area contributed by atoms with Gasteiger partial charge in [0.2, 0.25) is 0 Å². The molecule has 3 heteroatoms. The van der Waals surface area contributed by atoms with Gasteiger partial charge in [-0.05, 0) is 56.0 Å². The normalized spacial score (nSPS) is 14.8. The maximum Gasteiger partial charge on any atom is 0.120 e. The molecule has 0 aliphatic heterocycles. The van der Waals surface area contributed by atoms with Gasteiger partial charge in [0.25, 0.3) is 0 Å². The van der Waals surface area contributed by atoms with E-state index in [1.807, 2.05) is 93.6 Å². The smallest absolute Gasteiger partial charge is 0.120 e. The van der Waals surface area contributed by atoms with Crippen LogP contribution in [-0.4, -0.2) is 10.6 Å². The Kier molecular flexibility index (Phi) is 6.41. The molecular weight excluding hydrogens is 358 g/mol. The summed E-state index contributed by atoms with van der Waals surface area (Å²) in [4.78, 5) is 0. The molecule has 2 atom stereocenters. The van der Waals surface area contributed by atoms with Crippen molar-refractivity contribution in [2.24, 2.45) is 11.7 Å². The minimum Gasteiger partial charge on any atom is -0.489 e. The summed E-state index contributed by atoms with van der Waals surface area (Å²) in [5.41, 5.74) is 7.93. The van der Waals surface area contributed by atoms with Crippen molar-refractivity contribution in [1.82, 2.24) is 0 Å². The highest BCUT2D eigenvalue weighted by molar-refractivity contribution is 5.34. The van der Waals surface area contributed by atoms with Crippen molar-refractivity contribution in [3.63, 3.8) is 0 Å². The number of ether oxygens (including phenoxy) is 1. The van der Waals surface area contributed by atoms with E-state index in [4.69, 9.17) is 10.5 Å². The van der Waals surface area contributed by atoms with Crippen molar-refractivity contribution < 1.29 is 9.84 Å². The molecule has 152 valence electrons. The molecule has 0 amide bonds. The lowest BCUT2D eigenvalue weighted by Gasteiger charge is -2.42. The molecule has 29 heavy (non-hydrogen) atoms. The summed E-state index contributed by atoms with van der Waals surface area (Å²) in [7, 11) is 0. The molecule has 3 N–H and O–H groups in total. The number of hydrogen-bond acceptors (Lipinski definition) is 3. The van der Waals surface area contributed by atoms with Gasteiger partial charge in [-0.25, -0.2) is 0 Å². The summed E-state index contributed by atoms with van der Waals surface area (Å²) in [5, 5.41) is 11.6. The average molecular weight is 390 g/mol. The summed E-state index contributed by atoms with van der Waals surface area (Å²) in [6.07, 6.45) is 0.687. The predicted octanol–water partition coefficient (Wildman–Crippen LogP) is 5.07. The Labute approximate surface area is 174 Å². The molecule has 3 nitrogen and oxygen atoms in total. The van der Waals surface area contributed by atoms with Gasteiger partial charge in [0.1, 0.15) is 12.4 Å². The van der Waals surface area contributed by atoms with Crippen LogP contribution in [0.2, 0.25) is 0 Å². The first-order chi connectivity index (χ1) is 13.8. The highest BCUT2D eigenvalue weighted by Gasteiger charge is 2.41. The molecule has 0 aliphatic carbocycles. The number of hydrogen-bond donors (Lipinski definition) is 2. The molecule has 0 spiro atoms. The average Bonchev–Trinajstić information content (AvgIpc) is 2.71. The predicted molar refractivity (Wildman–Crippen MR) is 119 cm³/mol. The van der Waals surface area contributed by atoms with E-state index < -0.39 is 11.1 Å². The van der Waals surface area contributed by atoms with Crippen molar-refractivity contribution in [3.8, 4) is 5.75 Å². The molecule has 0 aliphatic rings. The van der Waals surface area contributed by atoms with Crippen LogP contribution in [0.3, 0.4) is 0 Å². The monoisotopic (exact) mass is 389 g/mol. The first kappa shape index (κ1) is 21.1. The molecule has 3 aromatic rings. The van der Waals surface area contributed by atoms with Crippen molar-refractivity contribution in [1.29, 1.82) is 0 Å². The van der Waals surface area contributed by atoms with Gasteiger partial charge in [0.05, 0.1) is 5.60 Å². The topological polar surface area (TPSA) is 55.5 Å². The van der Waals surface area contributed by atoms with E-state index in [0.29, 0.717) is 13.0 Å². The zero-order valence-electron chi connectivity index (χ0n) is 17.5. The molecular formula is C26H31NO2. The SMILES string of the molecule is CC(C)(N)[C@H](Cc1ccccc1)[C@@](C)(O)c1cccc(OCc2ccccc2)c1. The van der Waals surface area contributed by atoms with Crippen LogP contribution in [0, 0.1) is 5.92 Å². The minimum absolute atomic E-state index is 0.179. The number of benzene rings is 3. The van der Waals surface area contributed by atoms with Gasteiger partial charge in [0, 0.05) is 11.5 Å². The van der Waals surface area contributed by atoms with Crippen LogP contribution in [0.1, 0.15) is 37.5 Å². The van der Waals surface area contributed by atoms with E-state index in [9.17, 15) is 5.11 Å². The van der Waals surface area contributed by atoms with Crippen molar-refractivity contribution >= 4 is 0 Å². The second-order valence-corrected chi connectivity index (χ2v) is 8.51. The Hall–Kier alpha value is -2.62. The summed E-state index contributed by atoms with van der Waals surface area (Å²) in [5.74, 6) is 0.557. The Morgan fingerprint density at radius 1 is 0.828 bits per heavy atom. The van der Waals surface area contributed by atoms with Gasteiger partial charge in [-0.15, -0.1) is 0 Å². The van der Waals surface area contributed by atoms with Crippen LogP contribution in [0.4, 0.5) is 0 Å². The molecule has 3 rings (SSSR count). The highest BCUT2D eigenvalue weighted by atomic mass is 16.5. The molecule has 0 saturated heterocycles. The largest absolute Gasteiger partial charge is 0.489 e. The van der Waals surface area contributed by atoms with Gasteiger partial charge in [-0.3, -0.25) is 0 Å². The van der Waals surface area contributed by atoms with E-state index >= 15 is 0 Å². The molecule has 0 heterocycles. The van der Waals surface area contributed by atoms with Crippen LogP contribution >= 0.6 is 0 Å². The molecule has 0 saturated carbocycles. The second-order valence-electron chi connectivity index (χ2n) is 8.51. The Morgan fingerprint density at radius 2 is 1.41 bits per heavy atom. The molecule has 3 aromatic carbocycles. The fourth-order valence-corrected chi connectivity index (χ4v) is 3.88.